The van der Waals surface area contributed by atoms with E-state index in [4.69, 9.17) is 23.7 Å². The van der Waals surface area contributed by atoms with Crippen LogP contribution in [0.25, 0.3) is 11.1 Å². The highest BCUT2D eigenvalue weighted by atomic mass is 32.1. The van der Waals surface area contributed by atoms with Crippen molar-refractivity contribution in [1.29, 1.82) is 0 Å². The molecule has 9 nitrogen and oxygen atoms in total. The average Bonchev–Trinajstić information content (AvgIpc) is 3.30. The number of carbonyl (C=O) groups excluding carboxylic acids is 3. The molecule has 0 saturated heterocycles. The maximum absolute atomic E-state index is 12.7. The van der Waals surface area contributed by atoms with Gasteiger partial charge in [-0.3, -0.25) is 4.79 Å². The number of amides is 1. The van der Waals surface area contributed by atoms with E-state index in [0.29, 0.717) is 16.3 Å². The summed E-state index contributed by atoms with van der Waals surface area (Å²) in [4.78, 5) is 37.9. The predicted octanol–water partition coefficient (Wildman–Crippen LogP) is 4.72. The van der Waals surface area contributed by atoms with E-state index in [-0.39, 0.29) is 29.2 Å². The molecule has 0 aliphatic carbocycles. The van der Waals surface area contributed by atoms with Crippen molar-refractivity contribution in [3.63, 3.8) is 0 Å². The fraction of sp³-hybridized carbons (Fsp3) is 0.269. The van der Waals surface area contributed by atoms with Gasteiger partial charge < -0.3 is 29.0 Å². The molecular formula is C26H27NO8S. The van der Waals surface area contributed by atoms with Crippen LogP contribution in [0.1, 0.15) is 33.2 Å². The van der Waals surface area contributed by atoms with Gasteiger partial charge in [0.2, 0.25) is 5.75 Å². The Hall–Kier alpha value is -4.05. The van der Waals surface area contributed by atoms with Crippen molar-refractivity contribution in [3.8, 4) is 28.4 Å². The number of methoxy groups -OCH3 is 3. The summed E-state index contributed by atoms with van der Waals surface area (Å²) in [6.07, 6.45) is 0. The van der Waals surface area contributed by atoms with Crippen molar-refractivity contribution in [2.45, 2.75) is 13.8 Å². The van der Waals surface area contributed by atoms with Gasteiger partial charge in [-0.15, -0.1) is 11.3 Å². The predicted molar refractivity (Wildman–Crippen MR) is 135 cm³/mol. The third-order valence-corrected chi connectivity index (χ3v) is 6.02. The van der Waals surface area contributed by atoms with E-state index in [1.54, 1.807) is 12.3 Å². The molecule has 0 saturated carbocycles. The van der Waals surface area contributed by atoms with E-state index in [9.17, 15) is 14.4 Å². The molecule has 2 aromatic carbocycles. The van der Waals surface area contributed by atoms with Crippen LogP contribution < -0.4 is 19.5 Å². The average molecular weight is 514 g/mol. The molecule has 0 aliphatic heterocycles. The number of anilines is 1. The summed E-state index contributed by atoms with van der Waals surface area (Å²) in [5, 5.41) is 4.73. The van der Waals surface area contributed by atoms with E-state index in [1.807, 2.05) is 31.2 Å². The van der Waals surface area contributed by atoms with Gasteiger partial charge in [0, 0.05) is 10.9 Å². The van der Waals surface area contributed by atoms with Gasteiger partial charge in [-0.25, -0.2) is 9.59 Å². The molecule has 10 heteroatoms. The Bertz CT molecular complexity index is 1220. The lowest BCUT2D eigenvalue weighted by Crippen LogP contribution is -2.22. The lowest BCUT2D eigenvalue weighted by Gasteiger charge is -2.14. The van der Waals surface area contributed by atoms with E-state index in [0.717, 1.165) is 11.1 Å². The first kappa shape index (κ1) is 26.6. The number of aryl methyl sites for hydroxylation is 1. The number of nitrogens with one attached hydrogen (secondary N) is 1. The number of benzene rings is 2. The maximum atomic E-state index is 12.7. The quantitative estimate of drug-likeness (QED) is 0.388. The molecule has 0 spiro atoms. The highest BCUT2D eigenvalue weighted by molar-refractivity contribution is 7.15. The smallest absolute Gasteiger partial charge is 0.341 e. The summed E-state index contributed by atoms with van der Waals surface area (Å²) < 4.78 is 26.1. The number of carbonyl (C=O) groups is 3. The minimum atomic E-state index is -0.762. The van der Waals surface area contributed by atoms with Gasteiger partial charge >= 0.3 is 11.9 Å². The van der Waals surface area contributed by atoms with Crippen LogP contribution in [0.3, 0.4) is 0 Å². The molecule has 1 aromatic heterocycles. The molecule has 190 valence electrons. The fourth-order valence-electron chi connectivity index (χ4n) is 3.38. The number of thiophene rings is 1. The summed E-state index contributed by atoms with van der Waals surface area (Å²) in [6, 6.07) is 10.5. The standard InChI is InChI=1S/C26H27NO8S/c1-6-34-26(30)22-18(16-9-7-15(2)8-10-16)14-36-24(22)27-21(28)13-35-25(29)17-11-19(31-3)23(33-5)20(12-17)32-4/h7-12,14H,6,13H2,1-5H3,(H,27,28). The van der Waals surface area contributed by atoms with Gasteiger partial charge in [-0.2, -0.15) is 0 Å². The van der Waals surface area contributed by atoms with Gasteiger partial charge in [0.05, 0.1) is 33.5 Å². The minimum Gasteiger partial charge on any atom is -0.493 e. The molecule has 3 rings (SSSR count). The van der Waals surface area contributed by atoms with Crippen LogP contribution in [-0.2, 0) is 14.3 Å². The molecular weight excluding hydrogens is 486 g/mol. The molecule has 0 atom stereocenters. The van der Waals surface area contributed by atoms with Gasteiger partial charge in [0.25, 0.3) is 5.91 Å². The maximum Gasteiger partial charge on any atom is 0.341 e. The number of rotatable bonds is 10. The minimum absolute atomic E-state index is 0.113. The summed E-state index contributed by atoms with van der Waals surface area (Å²) in [6.45, 7) is 3.28. The fourth-order valence-corrected chi connectivity index (χ4v) is 4.35. The highest BCUT2D eigenvalue weighted by Crippen LogP contribution is 2.39. The Kier molecular flexibility index (Phi) is 8.91. The van der Waals surface area contributed by atoms with Gasteiger partial charge in [0.1, 0.15) is 10.6 Å². The Morgan fingerprint density at radius 3 is 2.08 bits per heavy atom. The molecule has 3 aromatic rings. The molecule has 1 amide bonds. The third-order valence-electron chi connectivity index (χ3n) is 5.12. The van der Waals surface area contributed by atoms with Gasteiger partial charge in [0.15, 0.2) is 18.1 Å². The van der Waals surface area contributed by atoms with E-state index >= 15 is 0 Å². The van der Waals surface area contributed by atoms with Crippen molar-refractivity contribution in [2.24, 2.45) is 0 Å². The molecule has 0 fully saturated rings. The SMILES string of the molecule is CCOC(=O)c1c(-c2ccc(C)cc2)csc1NC(=O)COC(=O)c1cc(OC)c(OC)c(OC)c1. The Labute approximate surface area is 212 Å². The first-order chi connectivity index (χ1) is 17.3. The largest absolute Gasteiger partial charge is 0.493 e. The number of hydrogen-bond acceptors (Lipinski definition) is 9. The molecule has 0 radical (unpaired) electrons. The van der Waals surface area contributed by atoms with Crippen LogP contribution in [0, 0.1) is 6.92 Å². The normalized spacial score (nSPS) is 10.4. The third kappa shape index (κ3) is 5.95. The van der Waals surface area contributed by atoms with Crippen molar-refractivity contribution >= 4 is 34.2 Å². The molecule has 0 bridgehead atoms. The Balaban J connectivity index is 1.76. The zero-order chi connectivity index (χ0) is 26.2. The van der Waals surface area contributed by atoms with Gasteiger partial charge in [-0.05, 0) is 31.5 Å². The second-order valence-electron chi connectivity index (χ2n) is 7.48. The topological polar surface area (TPSA) is 109 Å². The second-order valence-corrected chi connectivity index (χ2v) is 8.36. The van der Waals surface area contributed by atoms with Crippen molar-refractivity contribution in [3.05, 3.63) is 58.5 Å². The summed E-state index contributed by atoms with van der Waals surface area (Å²) in [7, 11) is 4.29. The highest BCUT2D eigenvalue weighted by Gasteiger charge is 2.24. The van der Waals surface area contributed by atoms with Gasteiger partial charge in [-0.1, -0.05) is 29.8 Å². The van der Waals surface area contributed by atoms with Crippen molar-refractivity contribution in [2.75, 3.05) is 39.9 Å². The summed E-state index contributed by atoms with van der Waals surface area (Å²) >= 11 is 1.18. The molecule has 1 N–H and O–H groups in total. The summed E-state index contributed by atoms with van der Waals surface area (Å²) in [5.41, 5.74) is 2.89. The van der Waals surface area contributed by atoms with E-state index in [2.05, 4.69) is 5.32 Å². The molecule has 0 aliphatic rings. The van der Waals surface area contributed by atoms with Crippen LogP contribution in [0.2, 0.25) is 0 Å². The van der Waals surface area contributed by atoms with Crippen molar-refractivity contribution in [1.82, 2.24) is 0 Å². The second kappa shape index (κ2) is 12.1. The van der Waals surface area contributed by atoms with Crippen molar-refractivity contribution < 1.29 is 38.1 Å². The van der Waals surface area contributed by atoms with Crippen LogP contribution in [0.4, 0.5) is 5.00 Å². The molecule has 36 heavy (non-hydrogen) atoms. The van der Waals surface area contributed by atoms with Crippen LogP contribution >= 0.6 is 11.3 Å². The monoisotopic (exact) mass is 513 g/mol. The van der Waals surface area contributed by atoms with Crippen LogP contribution in [-0.4, -0.2) is 52.4 Å². The number of hydrogen-bond donors (Lipinski definition) is 1. The molecule has 1 heterocycles. The first-order valence-corrected chi connectivity index (χ1v) is 11.8. The molecule has 0 unspecified atom stereocenters. The summed E-state index contributed by atoms with van der Waals surface area (Å²) in [5.74, 6) is -1.06. The van der Waals surface area contributed by atoms with Crippen LogP contribution in [0.15, 0.2) is 41.8 Å². The van der Waals surface area contributed by atoms with E-state index < -0.39 is 24.5 Å². The first-order valence-electron chi connectivity index (χ1n) is 11.0. The van der Waals surface area contributed by atoms with Crippen LogP contribution in [0.5, 0.6) is 17.2 Å². The zero-order valence-electron chi connectivity index (χ0n) is 20.6. The lowest BCUT2D eigenvalue weighted by molar-refractivity contribution is -0.119. The Morgan fingerprint density at radius 2 is 1.53 bits per heavy atom. The lowest BCUT2D eigenvalue weighted by atomic mass is 10.0. The Morgan fingerprint density at radius 1 is 0.889 bits per heavy atom. The van der Waals surface area contributed by atoms with E-state index in [1.165, 1.54) is 44.8 Å². The number of esters is 2. The number of ether oxygens (including phenoxy) is 5. The zero-order valence-corrected chi connectivity index (χ0v) is 21.4.